The lowest BCUT2D eigenvalue weighted by atomic mass is 10.0. The molecule has 0 aliphatic carbocycles. The molecule has 0 saturated carbocycles. The van der Waals surface area contributed by atoms with Crippen LogP contribution in [0, 0.1) is 6.92 Å². The SMILES string of the molecule is CCCN(Cc1ccc(C(C)C)cc1)Cc1cc(=O)n2cccc(C)c2n1. The molecule has 0 aliphatic rings. The highest BCUT2D eigenvalue weighted by Gasteiger charge is 2.11. The minimum atomic E-state index is -0.0172. The van der Waals surface area contributed by atoms with Gasteiger partial charge in [-0.25, -0.2) is 4.98 Å². The van der Waals surface area contributed by atoms with Crippen LogP contribution >= 0.6 is 0 Å². The second kappa shape index (κ2) is 8.49. The monoisotopic (exact) mass is 363 g/mol. The van der Waals surface area contributed by atoms with Crippen LogP contribution in [0.15, 0.2) is 53.5 Å². The molecule has 0 aliphatic heterocycles. The van der Waals surface area contributed by atoms with E-state index >= 15 is 0 Å². The van der Waals surface area contributed by atoms with Crippen molar-refractivity contribution in [3.63, 3.8) is 0 Å². The summed E-state index contributed by atoms with van der Waals surface area (Å²) < 4.78 is 1.62. The lowest BCUT2D eigenvalue weighted by Crippen LogP contribution is -2.26. The lowest BCUT2D eigenvalue weighted by Gasteiger charge is -2.22. The molecule has 3 aromatic rings. The molecule has 4 heteroatoms. The maximum Gasteiger partial charge on any atom is 0.258 e. The second-order valence-electron chi connectivity index (χ2n) is 7.58. The largest absolute Gasteiger partial charge is 0.293 e. The summed E-state index contributed by atoms with van der Waals surface area (Å²) in [4.78, 5) is 19.6. The Balaban J connectivity index is 1.83. The maximum absolute atomic E-state index is 12.5. The average molecular weight is 364 g/mol. The third-order valence-corrected chi connectivity index (χ3v) is 4.92. The van der Waals surface area contributed by atoms with Crippen LogP contribution in [0.2, 0.25) is 0 Å². The van der Waals surface area contributed by atoms with Gasteiger partial charge in [0, 0.05) is 25.4 Å². The molecule has 0 atom stereocenters. The molecule has 0 bridgehead atoms. The molecular weight excluding hydrogens is 334 g/mol. The summed E-state index contributed by atoms with van der Waals surface area (Å²) in [5.41, 5.74) is 5.24. The fraction of sp³-hybridized carbons (Fsp3) is 0.391. The van der Waals surface area contributed by atoms with Gasteiger partial charge in [-0.1, -0.05) is 51.1 Å². The van der Waals surface area contributed by atoms with Crippen LogP contribution in [0.5, 0.6) is 0 Å². The van der Waals surface area contributed by atoms with Crippen LogP contribution in [0.25, 0.3) is 5.65 Å². The Kier molecular flexibility index (Phi) is 6.07. The first-order valence-electron chi connectivity index (χ1n) is 9.77. The molecule has 2 aromatic heterocycles. The van der Waals surface area contributed by atoms with E-state index in [4.69, 9.17) is 4.98 Å². The molecule has 2 heterocycles. The average Bonchev–Trinajstić information content (AvgIpc) is 2.63. The summed E-state index contributed by atoms with van der Waals surface area (Å²) in [6.45, 7) is 11.1. The second-order valence-corrected chi connectivity index (χ2v) is 7.58. The van der Waals surface area contributed by atoms with Crippen molar-refractivity contribution in [1.29, 1.82) is 0 Å². The van der Waals surface area contributed by atoms with Crippen molar-refractivity contribution >= 4 is 5.65 Å². The third kappa shape index (κ3) is 4.64. The van der Waals surface area contributed by atoms with Gasteiger partial charge in [0.2, 0.25) is 0 Å². The quantitative estimate of drug-likeness (QED) is 0.618. The number of aromatic nitrogens is 2. The number of aryl methyl sites for hydroxylation is 1. The van der Waals surface area contributed by atoms with Crippen molar-refractivity contribution in [2.24, 2.45) is 0 Å². The van der Waals surface area contributed by atoms with Gasteiger partial charge in [0.15, 0.2) is 0 Å². The zero-order valence-corrected chi connectivity index (χ0v) is 16.8. The summed E-state index contributed by atoms with van der Waals surface area (Å²) in [6, 6.07) is 14.4. The van der Waals surface area contributed by atoms with Crippen molar-refractivity contribution in [3.05, 3.63) is 81.4 Å². The summed E-state index contributed by atoms with van der Waals surface area (Å²) in [5.74, 6) is 0.545. The van der Waals surface area contributed by atoms with Gasteiger partial charge in [0.05, 0.1) is 5.69 Å². The minimum absolute atomic E-state index is 0.0172. The van der Waals surface area contributed by atoms with E-state index in [1.165, 1.54) is 11.1 Å². The lowest BCUT2D eigenvalue weighted by molar-refractivity contribution is 0.254. The van der Waals surface area contributed by atoms with Crippen LogP contribution in [0.3, 0.4) is 0 Å². The van der Waals surface area contributed by atoms with E-state index in [1.54, 1.807) is 16.7 Å². The Labute approximate surface area is 161 Å². The first kappa shape index (κ1) is 19.3. The highest BCUT2D eigenvalue weighted by Crippen LogP contribution is 2.16. The molecule has 27 heavy (non-hydrogen) atoms. The topological polar surface area (TPSA) is 37.6 Å². The van der Waals surface area contributed by atoms with Gasteiger partial charge < -0.3 is 0 Å². The van der Waals surface area contributed by atoms with Crippen molar-refractivity contribution < 1.29 is 0 Å². The maximum atomic E-state index is 12.5. The molecule has 0 unspecified atom stereocenters. The highest BCUT2D eigenvalue weighted by atomic mass is 16.1. The van der Waals surface area contributed by atoms with Gasteiger partial charge >= 0.3 is 0 Å². The fourth-order valence-electron chi connectivity index (χ4n) is 3.42. The van der Waals surface area contributed by atoms with Crippen LogP contribution in [0.4, 0.5) is 0 Å². The Morgan fingerprint density at radius 2 is 1.85 bits per heavy atom. The Morgan fingerprint density at radius 1 is 1.11 bits per heavy atom. The number of nitrogens with zero attached hydrogens (tertiary/aromatic N) is 3. The molecular formula is C23H29N3O. The Hall–Kier alpha value is -2.46. The standard InChI is InChI=1S/C23H29N3O/c1-5-12-25(15-19-8-10-20(11-9-19)17(2)3)16-21-14-22(27)26-13-6-7-18(4)23(26)24-21/h6-11,13-14,17H,5,12,15-16H2,1-4H3. The van der Waals surface area contributed by atoms with E-state index in [2.05, 4.69) is 49.9 Å². The molecule has 3 rings (SSSR count). The van der Waals surface area contributed by atoms with Crippen LogP contribution in [-0.2, 0) is 13.1 Å². The van der Waals surface area contributed by atoms with Crippen LogP contribution < -0.4 is 5.56 Å². The van der Waals surface area contributed by atoms with Gasteiger partial charge in [0.1, 0.15) is 5.65 Å². The smallest absolute Gasteiger partial charge is 0.258 e. The van der Waals surface area contributed by atoms with Gasteiger partial charge in [-0.2, -0.15) is 0 Å². The molecule has 0 radical (unpaired) electrons. The van der Waals surface area contributed by atoms with Crippen molar-refractivity contribution in [2.75, 3.05) is 6.54 Å². The summed E-state index contributed by atoms with van der Waals surface area (Å²) >= 11 is 0. The first-order valence-corrected chi connectivity index (χ1v) is 9.77. The van der Waals surface area contributed by atoms with Crippen LogP contribution in [-0.4, -0.2) is 20.8 Å². The molecule has 142 valence electrons. The summed E-state index contributed by atoms with van der Waals surface area (Å²) in [6.07, 6.45) is 2.84. The minimum Gasteiger partial charge on any atom is -0.293 e. The molecule has 0 saturated heterocycles. The number of benzene rings is 1. The van der Waals surface area contributed by atoms with E-state index < -0.39 is 0 Å². The zero-order valence-electron chi connectivity index (χ0n) is 16.8. The van der Waals surface area contributed by atoms with E-state index in [0.29, 0.717) is 12.5 Å². The molecule has 0 fully saturated rings. The molecule has 0 amide bonds. The Bertz CT molecular complexity index is 958. The normalized spacial score (nSPS) is 11.6. The zero-order chi connectivity index (χ0) is 19.4. The summed E-state index contributed by atoms with van der Waals surface area (Å²) in [7, 11) is 0. The number of hydrogen-bond acceptors (Lipinski definition) is 3. The third-order valence-electron chi connectivity index (χ3n) is 4.92. The Morgan fingerprint density at radius 3 is 2.52 bits per heavy atom. The molecule has 0 N–H and O–H groups in total. The van der Waals surface area contributed by atoms with Crippen molar-refractivity contribution in [3.8, 4) is 0 Å². The molecule has 1 aromatic carbocycles. The van der Waals surface area contributed by atoms with E-state index in [1.807, 2.05) is 19.1 Å². The van der Waals surface area contributed by atoms with Crippen LogP contribution in [0.1, 0.15) is 55.5 Å². The number of hydrogen-bond donors (Lipinski definition) is 0. The summed E-state index contributed by atoms with van der Waals surface area (Å²) in [5, 5.41) is 0. The predicted octanol–water partition coefficient (Wildman–Crippen LogP) is 4.54. The van der Waals surface area contributed by atoms with Gasteiger partial charge in [-0.05, 0) is 48.6 Å². The molecule has 0 spiro atoms. The fourth-order valence-corrected chi connectivity index (χ4v) is 3.42. The van der Waals surface area contributed by atoms with Crippen molar-refractivity contribution in [2.45, 2.75) is 53.1 Å². The molecule has 4 nitrogen and oxygen atoms in total. The van der Waals surface area contributed by atoms with E-state index in [9.17, 15) is 4.79 Å². The predicted molar refractivity (Wildman–Crippen MR) is 111 cm³/mol. The van der Waals surface area contributed by atoms with Gasteiger partial charge in [-0.3, -0.25) is 14.1 Å². The van der Waals surface area contributed by atoms with E-state index in [-0.39, 0.29) is 5.56 Å². The van der Waals surface area contributed by atoms with Crippen molar-refractivity contribution in [1.82, 2.24) is 14.3 Å². The van der Waals surface area contributed by atoms with E-state index in [0.717, 1.165) is 36.4 Å². The first-order chi connectivity index (χ1) is 13.0. The number of fused-ring (bicyclic) bond motifs is 1. The van der Waals surface area contributed by atoms with Gasteiger partial charge in [0.25, 0.3) is 5.56 Å². The number of rotatable bonds is 7. The van der Waals surface area contributed by atoms with Gasteiger partial charge in [-0.15, -0.1) is 0 Å². The number of pyridine rings is 1. The highest BCUT2D eigenvalue weighted by molar-refractivity contribution is 5.46.